The van der Waals surface area contributed by atoms with Gasteiger partial charge in [-0.3, -0.25) is 0 Å². The lowest BCUT2D eigenvalue weighted by molar-refractivity contribution is 0.0106. The molecule has 2 nitrogen and oxygen atoms in total. The highest BCUT2D eigenvalue weighted by Gasteiger charge is 2.26. The largest absolute Gasteiger partial charge is 0.372 e. The maximum absolute atomic E-state index is 6.32. The molecular weight excluding hydrogens is 318 g/mol. The molecule has 132 valence electrons. The summed E-state index contributed by atoms with van der Waals surface area (Å²) >= 11 is 0. The molecule has 1 fully saturated rings. The second kappa shape index (κ2) is 8.31. The van der Waals surface area contributed by atoms with Crippen molar-refractivity contribution in [2.24, 2.45) is 0 Å². The van der Waals surface area contributed by atoms with Crippen LogP contribution in [0.15, 0.2) is 84.9 Å². The zero-order valence-electron chi connectivity index (χ0n) is 15.0. The van der Waals surface area contributed by atoms with Gasteiger partial charge in [-0.1, -0.05) is 84.9 Å². The Kier molecular flexibility index (Phi) is 5.44. The number of nitrogens with one attached hydrogen (secondary N) is 1. The van der Waals surface area contributed by atoms with Crippen molar-refractivity contribution in [1.82, 2.24) is 5.32 Å². The van der Waals surface area contributed by atoms with Crippen molar-refractivity contribution in [2.75, 3.05) is 13.1 Å². The fourth-order valence-corrected chi connectivity index (χ4v) is 3.71. The Morgan fingerprint density at radius 1 is 0.769 bits per heavy atom. The molecule has 1 heterocycles. The SMILES string of the molecule is c1ccc(-c2ccc(CO[C@H]3CNCC[C@@H]3c3ccccc3)cc2)cc1. The van der Waals surface area contributed by atoms with Gasteiger partial charge < -0.3 is 10.1 Å². The van der Waals surface area contributed by atoms with Crippen LogP contribution in [0.5, 0.6) is 0 Å². The normalized spacial score (nSPS) is 20.0. The van der Waals surface area contributed by atoms with E-state index in [1.54, 1.807) is 0 Å². The molecule has 0 aromatic heterocycles. The summed E-state index contributed by atoms with van der Waals surface area (Å²) in [6.45, 7) is 2.64. The van der Waals surface area contributed by atoms with Gasteiger partial charge >= 0.3 is 0 Å². The van der Waals surface area contributed by atoms with Gasteiger partial charge in [0.15, 0.2) is 0 Å². The average molecular weight is 343 g/mol. The average Bonchev–Trinajstić information content (AvgIpc) is 2.74. The van der Waals surface area contributed by atoms with Crippen molar-refractivity contribution in [3.8, 4) is 11.1 Å². The molecule has 3 aromatic rings. The summed E-state index contributed by atoms with van der Waals surface area (Å²) in [4.78, 5) is 0. The van der Waals surface area contributed by atoms with Crippen molar-refractivity contribution >= 4 is 0 Å². The molecule has 2 atom stereocenters. The third-order valence-electron chi connectivity index (χ3n) is 5.18. The van der Waals surface area contributed by atoms with Crippen LogP contribution in [0.3, 0.4) is 0 Å². The van der Waals surface area contributed by atoms with Crippen molar-refractivity contribution in [1.29, 1.82) is 0 Å². The molecule has 1 aliphatic rings. The van der Waals surface area contributed by atoms with Gasteiger partial charge in [-0.05, 0) is 35.2 Å². The molecule has 1 saturated heterocycles. The highest BCUT2D eigenvalue weighted by atomic mass is 16.5. The standard InChI is InChI=1S/C24H25NO/c1-3-7-20(8-4-1)21-13-11-19(12-14-21)18-26-24-17-25-16-15-23(24)22-9-5-2-6-10-22/h1-14,23-25H,15-18H2/t23-,24+/m1/s1. The van der Waals surface area contributed by atoms with E-state index in [2.05, 4.69) is 84.2 Å². The smallest absolute Gasteiger partial charge is 0.0772 e. The molecule has 1 N–H and O–H groups in total. The Balaban J connectivity index is 1.41. The Hall–Kier alpha value is -2.42. The third kappa shape index (κ3) is 4.04. The van der Waals surface area contributed by atoms with Crippen LogP contribution in [0, 0.1) is 0 Å². The first kappa shape index (κ1) is 17.0. The van der Waals surface area contributed by atoms with Gasteiger partial charge in [0.1, 0.15) is 0 Å². The number of ether oxygens (including phenoxy) is 1. The minimum absolute atomic E-state index is 0.222. The van der Waals surface area contributed by atoms with E-state index in [0.29, 0.717) is 12.5 Å². The third-order valence-corrected chi connectivity index (χ3v) is 5.18. The van der Waals surface area contributed by atoms with E-state index in [-0.39, 0.29) is 6.10 Å². The minimum atomic E-state index is 0.222. The number of benzene rings is 3. The molecule has 26 heavy (non-hydrogen) atoms. The summed E-state index contributed by atoms with van der Waals surface area (Å²) in [6, 6.07) is 30.0. The van der Waals surface area contributed by atoms with Gasteiger partial charge in [0.25, 0.3) is 0 Å². The lowest BCUT2D eigenvalue weighted by atomic mass is 9.88. The second-order valence-corrected chi connectivity index (χ2v) is 6.92. The predicted octanol–water partition coefficient (Wildman–Crippen LogP) is 5.02. The van der Waals surface area contributed by atoms with Gasteiger partial charge in [-0.15, -0.1) is 0 Å². The molecule has 4 rings (SSSR count). The van der Waals surface area contributed by atoms with Crippen LogP contribution >= 0.6 is 0 Å². The first-order valence-corrected chi connectivity index (χ1v) is 9.42. The molecule has 2 heteroatoms. The molecular formula is C24H25NO. The van der Waals surface area contributed by atoms with E-state index >= 15 is 0 Å². The zero-order valence-corrected chi connectivity index (χ0v) is 15.0. The number of rotatable bonds is 5. The van der Waals surface area contributed by atoms with Crippen LogP contribution < -0.4 is 5.32 Å². The maximum atomic E-state index is 6.32. The molecule has 0 bridgehead atoms. The molecule has 0 aliphatic carbocycles. The van der Waals surface area contributed by atoms with E-state index < -0.39 is 0 Å². The topological polar surface area (TPSA) is 21.3 Å². The van der Waals surface area contributed by atoms with E-state index in [4.69, 9.17) is 4.74 Å². The summed E-state index contributed by atoms with van der Waals surface area (Å²) < 4.78 is 6.32. The predicted molar refractivity (Wildman–Crippen MR) is 107 cm³/mol. The summed E-state index contributed by atoms with van der Waals surface area (Å²) in [5, 5.41) is 3.48. The fourth-order valence-electron chi connectivity index (χ4n) is 3.71. The summed E-state index contributed by atoms with van der Waals surface area (Å²) in [5.74, 6) is 0.473. The monoisotopic (exact) mass is 343 g/mol. The zero-order chi connectivity index (χ0) is 17.6. The molecule has 3 aromatic carbocycles. The van der Waals surface area contributed by atoms with Crippen LogP contribution in [0.2, 0.25) is 0 Å². The van der Waals surface area contributed by atoms with Gasteiger partial charge in [0, 0.05) is 12.5 Å². The Morgan fingerprint density at radius 2 is 1.42 bits per heavy atom. The van der Waals surface area contributed by atoms with Gasteiger partial charge in [0.05, 0.1) is 12.7 Å². The molecule has 0 radical (unpaired) electrons. The maximum Gasteiger partial charge on any atom is 0.0772 e. The van der Waals surface area contributed by atoms with E-state index in [0.717, 1.165) is 19.5 Å². The van der Waals surface area contributed by atoms with E-state index in [1.807, 2.05) is 6.07 Å². The van der Waals surface area contributed by atoms with E-state index in [1.165, 1.54) is 22.3 Å². The summed E-state index contributed by atoms with van der Waals surface area (Å²) in [6.07, 6.45) is 1.35. The Morgan fingerprint density at radius 3 is 2.15 bits per heavy atom. The summed E-state index contributed by atoms with van der Waals surface area (Å²) in [7, 11) is 0. The molecule has 0 amide bonds. The molecule has 0 saturated carbocycles. The molecule has 0 spiro atoms. The van der Waals surface area contributed by atoms with Crippen molar-refractivity contribution in [2.45, 2.75) is 25.0 Å². The van der Waals surface area contributed by atoms with Gasteiger partial charge in [-0.2, -0.15) is 0 Å². The van der Waals surface area contributed by atoms with Crippen molar-refractivity contribution in [3.63, 3.8) is 0 Å². The minimum Gasteiger partial charge on any atom is -0.372 e. The highest BCUT2D eigenvalue weighted by molar-refractivity contribution is 5.63. The van der Waals surface area contributed by atoms with Gasteiger partial charge in [-0.25, -0.2) is 0 Å². The van der Waals surface area contributed by atoms with Gasteiger partial charge in [0.2, 0.25) is 0 Å². The van der Waals surface area contributed by atoms with Crippen LogP contribution in [0.4, 0.5) is 0 Å². The lowest BCUT2D eigenvalue weighted by Crippen LogP contribution is -2.40. The second-order valence-electron chi connectivity index (χ2n) is 6.92. The quantitative estimate of drug-likeness (QED) is 0.703. The Bertz CT molecular complexity index is 799. The fraction of sp³-hybridized carbons (Fsp3) is 0.250. The highest BCUT2D eigenvalue weighted by Crippen LogP contribution is 2.28. The first-order valence-electron chi connectivity index (χ1n) is 9.42. The first-order chi connectivity index (χ1) is 12.9. The van der Waals surface area contributed by atoms with Crippen LogP contribution in [0.25, 0.3) is 11.1 Å². The number of piperidine rings is 1. The molecule has 1 aliphatic heterocycles. The summed E-state index contributed by atoms with van der Waals surface area (Å²) in [5.41, 5.74) is 5.11. The van der Waals surface area contributed by atoms with Crippen molar-refractivity contribution < 1.29 is 4.74 Å². The van der Waals surface area contributed by atoms with E-state index in [9.17, 15) is 0 Å². The van der Waals surface area contributed by atoms with Crippen LogP contribution in [-0.2, 0) is 11.3 Å². The van der Waals surface area contributed by atoms with Crippen LogP contribution in [0.1, 0.15) is 23.5 Å². The number of hydrogen-bond donors (Lipinski definition) is 1. The lowest BCUT2D eigenvalue weighted by Gasteiger charge is -2.32. The van der Waals surface area contributed by atoms with Crippen molar-refractivity contribution in [3.05, 3.63) is 96.1 Å². The molecule has 0 unspecified atom stereocenters. The van der Waals surface area contributed by atoms with Crippen LogP contribution in [-0.4, -0.2) is 19.2 Å². The Labute approximate surface area is 155 Å². The number of hydrogen-bond acceptors (Lipinski definition) is 2.